The molecule has 0 spiro atoms. The van der Waals surface area contributed by atoms with E-state index in [1.165, 1.54) is 47.9 Å². The Bertz CT molecular complexity index is 491. The second-order valence-corrected chi connectivity index (χ2v) is 6.75. The summed E-state index contributed by atoms with van der Waals surface area (Å²) >= 11 is 0. The highest BCUT2D eigenvalue weighted by Crippen LogP contribution is 2.05. The fourth-order valence-electron chi connectivity index (χ4n) is 2.83. The topological polar surface area (TPSA) is 118 Å². The molecule has 0 unspecified atom stereocenters. The van der Waals surface area contributed by atoms with E-state index in [1.54, 1.807) is 0 Å². The molecule has 172 valence electrons. The first-order chi connectivity index (χ1) is 14.2. The van der Waals surface area contributed by atoms with Crippen molar-refractivity contribution in [1.82, 2.24) is 20.3 Å². The van der Waals surface area contributed by atoms with Crippen molar-refractivity contribution in [3.05, 3.63) is 0 Å². The lowest BCUT2D eigenvalue weighted by Gasteiger charge is -2.29. The maximum absolute atomic E-state index is 11.4. The maximum Gasteiger partial charge on any atom is 0.322 e. The highest BCUT2D eigenvalue weighted by atomic mass is 16.7. The van der Waals surface area contributed by atoms with Crippen LogP contribution in [0.1, 0.15) is 40.5 Å². The number of hydrogen-bond donors (Lipinski definition) is 0. The van der Waals surface area contributed by atoms with Crippen molar-refractivity contribution in [3.8, 4) is 0 Å². The molecular formula is C18H32N4O8. The summed E-state index contributed by atoms with van der Waals surface area (Å²) in [6, 6.07) is 0. The van der Waals surface area contributed by atoms with Gasteiger partial charge in [-0.05, 0) is 12.8 Å². The van der Waals surface area contributed by atoms with Gasteiger partial charge in [-0.2, -0.15) is 0 Å². The Morgan fingerprint density at radius 3 is 0.800 bits per heavy atom. The summed E-state index contributed by atoms with van der Waals surface area (Å²) in [5, 5.41) is 5.95. The average Bonchev–Trinajstić information content (AvgIpc) is 2.60. The summed E-state index contributed by atoms with van der Waals surface area (Å²) in [5.74, 6) is -1.82. The van der Waals surface area contributed by atoms with Gasteiger partial charge in [0.15, 0.2) is 0 Å². The van der Waals surface area contributed by atoms with Gasteiger partial charge < -0.3 is 19.4 Å². The van der Waals surface area contributed by atoms with E-state index < -0.39 is 23.9 Å². The Morgan fingerprint density at radius 1 is 0.433 bits per heavy atom. The van der Waals surface area contributed by atoms with Crippen LogP contribution < -0.4 is 0 Å². The predicted molar refractivity (Wildman–Crippen MR) is 103 cm³/mol. The standard InChI is InChI=1S/C18H32N4O8/c1-15(23)27-19-7-5-8-21(29-17(3)25)13-14-22(30-18(4)26)10-6-9-20(12-11-19)28-16(2)24/h5-14H2,1-4H3. The lowest BCUT2D eigenvalue weighted by Crippen LogP contribution is -2.42. The molecule has 1 rings (SSSR count). The van der Waals surface area contributed by atoms with Crippen molar-refractivity contribution < 1.29 is 38.5 Å². The second-order valence-electron chi connectivity index (χ2n) is 6.75. The third-order valence-corrected chi connectivity index (χ3v) is 3.86. The predicted octanol–water partition coefficient (Wildman–Crippen LogP) is -0.0994. The minimum absolute atomic E-state index is 0.314. The Morgan fingerprint density at radius 2 is 0.633 bits per heavy atom. The van der Waals surface area contributed by atoms with Gasteiger partial charge in [-0.1, -0.05) is 0 Å². The number of carbonyl (C=O) groups excluding carboxylic acids is 4. The molecule has 1 saturated heterocycles. The molecule has 12 heteroatoms. The van der Waals surface area contributed by atoms with Crippen LogP contribution in [0.15, 0.2) is 0 Å². The first-order valence-corrected chi connectivity index (χ1v) is 9.89. The van der Waals surface area contributed by atoms with Gasteiger partial charge in [0.05, 0.1) is 26.2 Å². The van der Waals surface area contributed by atoms with E-state index in [0.29, 0.717) is 65.2 Å². The number of hydroxylamine groups is 8. The van der Waals surface area contributed by atoms with Gasteiger partial charge in [0.25, 0.3) is 0 Å². The lowest BCUT2D eigenvalue weighted by atomic mass is 10.3. The first-order valence-electron chi connectivity index (χ1n) is 9.89. The summed E-state index contributed by atoms with van der Waals surface area (Å²) in [5.41, 5.74) is 0. The van der Waals surface area contributed by atoms with E-state index in [0.717, 1.165) is 0 Å². The van der Waals surface area contributed by atoms with Crippen LogP contribution in [0.2, 0.25) is 0 Å². The van der Waals surface area contributed by atoms with Crippen molar-refractivity contribution in [2.24, 2.45) is 0 Å². The molecule has 1 aliphatic heterocycles. The summed E-state index contributed by atoms with van der Waals surface area (Å²) in [6.07, 6.45) is 1.06. The third kappa shape index (κ3) is 12.3. The third-order valence-electron chi connectivity index (χ3n) is 3.86. The molecule has 0 aliphatic carbocycles. The molecule has 0 radical (unpaired) electrons. The normalized spacial score (nSPS) is 19.3. The van der Waals surface area contributed by atoms with Crippen LogP contribution in [0, 0.1) is 0 Å². The molecule has 0 aromatic heterocycles. The van der Waals surface area contributed by atoms with Crippen molar-refractivity contribution in [2.45, 2.75) is 40.5 Å². The zero-order chi connectivity index (χ0) is 22.5. The van der Waals surface area contributed by atoms with Gasteiger partial charge in [0.1, 0.15) is 0 Å². The van der Waals surface area contributed by atoms with Crippen molar-refractivity contribution in [3.63, 3.8) is 0 Å². The summed E-state index contributed by atoms with van der Waals surface area (Å²) in [4.78, 5) is 66.4. The van der Waals surface area contributed by atoms with E-state index in [9.17, 15) is 19.2 Å². The molecule has 0 atom stereocenters. The average molecular weight is 432 g/mol. The van der Waals surface area contributed by atoms with Crippen LogP contribution in [0.4, 0.5) is 0 Å². The number of nitrogens with zero attached hydrogens (tertiary/aromatic N) is 4. The van der Waals surface area contributed by atoms with Crippen LogP contribution in [0.5, 0.6) is 0 Å². The summed E-state index contributed by atoms with van der Waals surface area (Å²) in [6.45, 7) is 8.04. The van der Waals surface area contributed by atoms with E-state index in [2.05, 4.69) is 0 Å². The zero-order valence-electron chi connectivity index (χ0n) is 18.1. The smallest absolute Gasteiger partial charge is 0.322 e. The Labute approximate surface area is 176 Å². The molecular weight excluding hydrogens is 400 g/mol. The molecule has 30 heavy (non-hydrogen) atoms. The fraction of sp³-hybridized carbons (Fsp3) is 0.778. The van der Waals surface area contributed by atoms with Gasteiger partial charge in [-0.15, -0.1) is 20.3 Å². The maximum atomic E-state index is 11.4. The Kier molecular flexibility index (Phi) is 11.9. The fourth-order valence-corrected chi connectivity index (χ4v) is 2.83. The molecule has 0 aromatic rings. The molecule has 1 aliphatic rings. The van der Waals surface area contributed by atoms with E-state index in [4.69, 9.17) is 19.4 Å². The monoisotopic (exact) mass is 432 g/mol. The van der Waals surface area contributed by atoms with Crippen molar-refractivity contribution >= 4 is 23.9 Å². The van der Waals surface area contributed by atoms with Crippen LogP contribution in [-0.4, -0.2) is 96.5 Å². The molecule has 0 bridgehead atoms. The van der Waals surface area contributed by atoms with Gasteiger partial charge in [0, 0.05) is 53.9 Å². The number of rotatable bonds is 4. The molecule has 12 nitrogen and oxygen atoms in total. The number of hydrogen-bond acceptors (Lipinski definition) is 12. The lowest BCUT2D eigenvalue weighted by molar-refractivity contribution is -0.216. The molecule has 0 saturated carbocycles. The Balaban J connectivity index is 2.87. The SMILES string of the molecule is CC(=O)ON1CCCN(OC(C)=O)CCN(OC(C)=O)CCCN(OC(C)=O)CC1. The molecule has 0 aromatic carbocycles. The first kappa shape index (κ1) is 25.8. The minimum atomic E-state index is -0.455. The highest BCUT2D eigenvalue weighted by molar-refractivity contribution is 5.66. The summed E-state index contributed by atoms with van der Waals surface area (Å²) in [7, 11) is 0. The largest absolute Gasteiger partial charge is 0.368 e. The van der Waals surface area contributed by atoms with E-state index in [-0.39, 0.29) is 0 Å². The van der Waals surface area contributed by atoms with Crippen LogP contribution in [0.3, 0.4) is 0 Å². The van der Waals surface area contributed by atoms with Crippen LogP contribution in [-0.2, 0) is 38.5 Å². The van der Waals surface area contributed by atoms with Gasteiger partial charge in [0.2, 0.25) is 0 Å². The second kappa shape index (κ2) is 13.9. The highest BCUT2D eigenvalue weighted by Gasteiger charge is 2.19. The van der Waals surface area contributed by atoms with Gasteiger partial charge in [-0.3, -0.25) is 19.2 Å². The molecule has 0 N–H and O–H groups in total. The van der Waals surface area contributed by atoms with E-state index in [1.807, 2.05) is 0 Å². The van der Waals surface area contributed by atoms with Crippen molar-refractivity contribution in [1.29, 1.82) is 0 Å². The minimum Gasteiger partial charge on any atom is -0.368 e. The summed E-state index contributed by atoms with van der Waals surface area (Å²) < 4.78 is 0. The van der Waals surface area contributed by atoms with Crippen LogP contribution in [0.25, 0.3) is 0 Å². The molecule has 1 fully saturated rings. The zero-order valence-corrected chi connectivity index (χ0v) is 18.1. The van der Waals surface area contributed by atoms with E-state index >= 15 is 0 Å². The van der Waals surface area contributed by atoms with Crippen molar-refractivity contribution in [2.75, 3.05) is 52.4 Å². The Hall–Kier alpha value is -2.28. The molecule has 0 amide bonds. The van der Waals surface area contributed by atoms with Gasteiger partial charge in [-0.25, -0.2) is 0 Å². The quantitative estimate of drug-likeness (QED) is 0.590. The molecule has 1 heterocycles. The van der Waals surface area contributed by atoms with Crippen LogP contribution >= 0.6 is 0 Å². The van der Waals surface area contributed by atoms with Gasteiger partial charge >= 0.3 is 23.9 Å². The number of carbonyl (C=O) groups is 4.